The number of amides is 1. The predicted octanol–water partition coefficient (Wildman–Crippen LogP) is 1.54. The summed E-state index contributed by atoms with van der Waals surface area (Å²) in [4.78, 5) is 15.8. The topological polar surface area (TPSA) is 70.7 Å². The minimum Gasteiger partial charge on any atom is -0.352 e. The summed E-state index contributed by atoms with van der Waals surface area (Å²) in [5.74, 6) is 0.661. The van der Waals surface area contributed by atoms with Crippen LogP contribution in [0, 0.1) is 0 Å². The molecule has 0 unspecified atom stereocenters. The van der Waals surface area contributed by atoms with E-state index in [4.69, 9.17) is 0 Å². The zero-order valence-electron chi connectivity index (χ0n) is 8.98. The van der Waals surface area contributed by atoms with Crippen LogP contribution in [-0.4, -0.2) is 27.6 Å². The molecule has 1 heterocycles. The monoisotopic (exact) mass is 294 g/mol. The van der Waals surface area contributed by atoms with Gasteiger partial charge in [-0.3, -0.25) is 9.89 Å². The largest absolute Gasteiger partial charge is 0.352 e. The fourth-order valence-electron chi connectivity index (χ4n) is 1.39. The molecule has 0 aliphatic carbocycles. The lowest BCUT2D eigenvalue weighted by atomic mass is 10.2. The SMILES string of the molecule is O=C(NCCc1ncn[nH]1)c1ccccc1Br. The van der Waals surface area contributed by atoms with E-state index in [0.717, 1.165) is 10.3 Å². The fourth-order valence-corrected chi connectivity index (χ4v) is 1.85. The van der Waals surface area contributed by atoms with Gasteiger partial charge in [-0.05, 0) is 28.1 Å². The Hall–Kier alpha value is -1.69. The van der Waals surface area contributed by atoms with Crippen LogP contribution in [0.3, 0.4) is 0 Å². The normalized spacial score (nSPS) is 10.2. The van der Waals surface area contributed by atoms with Crippen molar-refractivity contribution in [3.63, 3.8) is 0 Å². The summed E-state index contributed by atoms with van der Waals surface area (Å²) in [6.07, 6.45) is 2.08. The first-order valence-corrected chi connectivity index (χ1v) is 5.93. The molecule has 0 aliphatic rings. The van der Waals surface area contributed by atoms with Gasteiger partial charge in [-0.25, -0.2) is 4.98 Å². The Balaban J connectivity index is 1.88. The quantitative estimate of drug-likeness (QED) is 0.899. The Kier molecular flexibility index (Phi) is 3.87. The van der Waals surface area contributed by atoms with Crippen LogP contribution in [0.5, 0.6) is 0 Å². The number of halogens is 1. The summed E-state index contributed by atoms with van der Waals surface area (Å²) in [6.45, 7) is 0.523. The van der Waals surface area contributed by atoms with Crippen molar-refractivity contribution in [3.8, 4) is 0 Å². The smallest absolute Gasteiger partial charge is 0.252 e. The van der Waals surface area contributed by atoms with Crippen LogP contribution in [0.2, 0.25) is 0 Å². The molecule has 2 aromatic rings. The Morgan fingerprint density at radius 3 is 2.94 bits per heavy atom. The minimum atomic E-state index is -0.100. The molecule has 88 valence electrons. The van der Waals surface area contributed by atoms with E-state index in [-0.39, 0.29) is 5.91 Å². The molecule has 0 radical (unpaired) electrons. The van der Waals surface area contributed by atoms with E-state index in [2.05, 4.69) is 36.4 Å². The van der Waals surface area contributed by atoms with Gasteiger partial charge in [0.05, 0.1) is 5.56 Å². The summed E-state index contributed by atoms with van der Waals surface area (Å²) in [5.41, 5.74) is 0.630. The summed E-state index contributed by atoms with van der Waals surface area (Å²) < 4.78 is 0.789. The van der Waals surface area contributed by atoms with Crippen molar-refractivity contribution < 1.29 is 4.79 Å². The van der Waals surface area contributed by atoms with Gasteiger partial charge in [0, 0.05) is 17.4 Å². The highest BCUT2D eigenvalue weighted by Gasteiger charge is 2.08. The molecule has 5 nitrogen and oxygen atoms in total. The molecule has 6 heteroatoms. The van der Waals surface area contributed by atoms with Gasteiger partial charge in [-0.1, -0.05) is 12.1 Å². The second-order valence-corrected chi connectivity index (χ2v) is 4.27. The molecule has 2 N–H and O–H groups in total. The number of carbonyl (C=O) groups is 1. The number of rotatable bonds is 4. The maximum atomic E-state index is 11.8. The zero-order valence-corrected chi connectivity index (χ0v) is 10.6. The number of aromatic amines is 1. The van der Waals surface area contributed by atoms with E-state index in [1.54, 1.807) is 6.07 Å². The number of aromatic nitrogens is 3. The lowest BCUT2D eigenvalue weighted by molar-refractivity contribution is 0.0953. The van der Waals surface area contributed by atoms with Gasteiger partial charge >= 0.3 is 0 Å². The van der Waals surface area contributed by atoms with Crippen LogP contribution < -0.4 is 5.32 Å². The van der Waals surface area contributed by atoms with Gasteiger partial charge in [0.25, 0.3) is 5.91 Å². The first-order chi connectivity index (χ1) is 8.27. The number of hydrogen-bond donors (Lipinski definition) is 2. The first kappa shape index (κ1) is 11.8. The highest BCUT2D eigenvalue weighted by Crippen LogP contribution is 2.15. The van der Waals surface area contributed by atoms with Crippen molar-refractivity contribution in [2.75, 3.05) is 6.54 Å². The molecule has 1 aromatic heterocycles. The Morgan fingerprint density at radius 1 is 1.41 bits per heavy atom. The Bertz CT molecular complexity index is 498. The third-order valence-electron chi connectivity index (χ3n) is 2.23. The Labute approximate surface area is 107 Å². The molecule has 17 heavy (non-hydrogen) atoms. The molecule has 0 atom stereocenters. The van der Waals surface area contributed by atoms with E-state index in [9.17, 15) is 4.79 Å². The zero-order chi connectivity index (χ0) is 12.1. The van der Waals surface area contributed by atoms with Crippen LogP contribution >= 0.6 is 15.9 Å². The molecule has 0 aliphatic heterocycles. The van der Waals surface area contributed by atoms with Crippen LogP contribution in [-0.2, 0) is 6.42 Å². The average Bonchev–Trinajstić information content (AvgIpc) is 2.82. The van der Waals surface area contributed by atoms with Crippen LogP contribution in [0.25, 0.3) is 0 Å². The van der Waals surface area contributed by atoms with E-state index >= 15 is 0 Å². The van der Waals surface area contributed by atoms with Gasteiger partial charge in [0.2, 0.25) is 0 Å². The predicted molar refractivity (Wildman–Crippen MR) is 66.6 cm³/mol. The molecule has 0 saturated carbocycles. The summed E-state index contributed by atoms with van der Waals surface area (Å²) in [7, 11) is 0. The number of nitrogens with one attached hydrogen (secondary N) is 2. The molecular formula is C11H11BrN4O. The van der Waals surface area contributed by atoms with Crippen molar-refractivity contribution >= 4 is 21.8 Å². The van der Waals surface area contributed by atoms with Gasteiger partial charge in [-0.15, -0.1) is 0 Å². The van der Waals surface area contributed by atoms with Crippen molar-refractivity contribution in [2.24, 2.45) is 0 Å². The van der Waals surface area contributed by atoms with Crippen LogP contribution in [0.15, 0.2) is 35.1 Å². The number of benzene rings is 1. The number of nitrogens with zero attached hydrogens (tertiary/aromatic N) is 2. The van der Waals surface area contributed by atoms with Gasteiger partial charge in [0.1, 0.15) is 12.2 Å². The standard InChI is InChI=1S/C11H11BrN4O/c12-9-4-2-1-3-8(9)11(17)13-6-5-10-14-7-15-16-10/h1-4,7H,5-6H2,(H,13,17)(H,14,15,16). The molecule has 2 rings (SSSR count). The van der Waals surface area contributed by atoms with Gasteiger partial charge < -0.3 is 5.32 Å². The van der Waals surface area contributed by atoms with Crippen LogP contribution in [0.4, 0.5) is 0 Å². The molecule has 1 aromatic carbocycles. The highest BCUT2D eigenvalue weighted by atomic mass is 79.9. The molecule has 0 bridgehead atoms. The molecule has 1 amide bonds. The Morgan fingerprint density at radius 2 is 2.24 bits per heavy atom. The van der Waals surface area contributed by atoms with E-state index in [1.165, 1.54) is 6.33 Å². The highest BCUT2D eigenvalue weighted by molar-refractivity contribution is 9.10. The van der Waals surface area contributed by atoms with Gasteiger partial charge in [0.15, 0.2) is 0 Å². The second-order valence-electron chi connectivity index (χ2n) is 3.42. The lowest BCUT2D eigenvalue weighted by Crippen LogP contribution is -2.26. The number of H-pyrrole nitrogens is 1. The summed E-state index contributed by atoms with van der Waals surface area (Å²) in [5, 5.41) is 9.30. The third kappa shape index (κ3) is 3.13. The second kappa shape index (κ2) is 5.58. The minimum absolute atomic E-state index is 0.100. The fraction of sp³-hybridized carbons (Fsp3) is 0.182. The number of hydrogen-bond acceptors (Lipinski definition) is 3. The van der Waals surface area contributed by atoms with Crippen molar-refractivity contribution in [2.45, 2.75) is 6.42 Å². The van der Waals surface area contributed by atoms with Gasteiger partial charge in [-0.2, -0.15) is 5.10 Å². The van der Waals surface area contributed by atoms with E-state index < -0.39 is 0 Å². The van der Waals surface area contributed by atoms with Crippen molar-refractivity contribution in [3.05, 3.63) is 46.5 Å². The summed E-state index contributed by atoms with van der Waals surface area (Å²) in [6, 6.07) is 7.31. The van der Waals surface area contributed by atoms with Crippen LogP contribution in [0.1, 0.15) is 16.2 Å². The third-order valence-corrected chi connectivity index (χ3v) is 2.92. The molecule has 0 saturated heterocycles. The number of carbonyl (C=O) groups excluding carboxylic acids is 1. The van der Waals surface area contributed by atoms with E-state index in [1.807, 2.05) is 18.2 Å². The lowest BCUT2D eigenvalue weighted by Gasteiger charge is -2.05. The van der Waals surface area contributed by atoms with Crippen molar-refractivity contribution in [1.82, 2.24) is 20.5 Å². The summed E-state index contributed by atoms with van der Waals surface area (Å²) >= 11 is 3.34. The van der Waals surface area contributed by atoms with Crippen molar-refractivity contribution in [1.29, 1.82) is 0 Å². The maximum absolute atomic E-state index is 11.8. The molecule has 0 fully saturated rings. The average molecular weight is 295 g/mol. The molecule has 0 spiro atoms. The van der Waals surface area contributed by atoms with E-state index in [0.29, 0.717) is 18.5 Å². The molecular weight excluding hydrogens is 284 g/mol. The maximum Gasteiger partial charge on any atom is 0.252 e. The first-order valence-electron chi connectivity index (χ1n) is 5.14.